The van der Waals surface area contributed by atoms with Crippen molar-refractivity contribution >= 4 is 11.8 Å². The summed E-state index contributed by atoms with van der Waals surface area (Å²) in [6.45, 7) is 6.32. The van der Waals surface area contributed by atoms with E-state index >= 15 is 0 Å². The number of aromatic nitrogens is 1. The standard InChI is InChI=1S/C17H26N4O3/c1-14-4-2-3-6-21(14)17(23)13-19-7-9-20(10-8-19)16(22)12-15-5-11-24-18-15/h5,11,14H,2-4,6-10,12-13H2,1H3. The van der Waals surface area contributed by atoms with Crippen molar-refractivity contribution in [2.24, 2.45) is 0 Å². The fourth-order valence-electron chi connectivity index (χ4n) is 3.50. The van der Waals surface area contributed by atoms with Gasteiger partial charge in [0.1, 0.15) is 6.26 Å². The SMILES string of the molecule is CC1CCCCN1C(=O)CN1CCN(C(=O)Cc2ccon2)CC1. The van der Waals surface area contributed by atoms with Crippen molar-refractivity contribution in [2.45, 2.75) is 38.6 Å². The fourth-order valence-corrected chi connectivity index (χ4v) is 3.50. The monoisotopic (exact) mass is 334 g/mol. The second-order valence-corrected chi connectivity index (χ2v) is 6.76. The van der Waals surface area contributed by atoms with Crippen LogP contribution in [-0.2, 0) is 16.0 Å². The summed E-state index contributed by atoms with van der Waals surface area (Å²) in [6, 6.07) is 2.07. The van der Waals surface area contributed by atoms with E-state index in [9.17, 15) is 9.59 Å². The lowest BCUT2D eigenvalue weighted by Crippen LogP contribution is -2.53. The number of hydrogen-bond donors (Lipinski definition) is 0. The minimum Gasteiger partial charge on any atom is -0.364 e. The van der Waals surface area contributed by atoms with Crippen LogP contribution in [0.15, 0.2) is 16.9 Å². The molecule has 7 heteroatoms. The third-order valence-corrected chi connectivity index (χ3v) is 5.03. The number of nitrogens with zero attached hydrogens (tertiary/aromatic N) is 4. The molecule has 132 valence electrons. The number of carbonyl (C=O) groups excluding carboxylic acids is 2. The smallest absolute Gasteiger partial charge is 0.236 e. The van der Waals surface area contributed by atoms with Gasteiger partial charge in [-0.15, -0.1) is 0 Å². The van der Waals surface area contributed by atoms with Gasteiger partial charge in [0.2, 0.25) is 11.8 Å². The lowest BCUT2D eigenvalue weighted by molar-refractivity contribution is -0.137. The van der Waals surface area contributed by atoms with Crippen molar-refractivity contribution in [1.82, 2.24) is 19.9 Å². The first-order valence-electron chi connectivity index (χ1n) is 8.82. The van der Waals surface area contributed by atoms with Crippen molar-refractivity contribution in [3.8, 4) is 0 Å². The van der Waals surface area contributed by atoms with Gasteiger partial charge in [0, 0.05) is 44.8 Å². The summed E-state index contributed by atoms with van der Waals surface area (Å²) >= 11 is 0. The second kappa shape index (κ2) is 7.79. The van der Waals surface area contributed by atoms with Crippen LogP contribution in [0.1, 0.15) is 31.9 Å². The van der Waals surface area contributed by atoms with Gasteiger partial charge in [-0.1, -0.05) is 5.16 Å². The molecule has 2 aliphatic rings. The zero-order valence-corrected chi connectivity index (χ0v) is 14.3. The van der Waals surface area contributed by atoms with Gasteiger partial charge in [0.05, 0.1) is 18.7 Å². The Morgan fingerprint density at radius 2 is 1.96 bits per heavy atom. The average molecular weight is 334 g/mol. The Labute approximate surface area is 142 Å². The molecule has 2 amide bonds. The van der Waals surface area contributed by atoms with Gasteiger partial charge >= 0.3 is 0 Å². The van der Waals surface area contributed by atoms with Crippen LogP contribution in [0.2, 0.25) is 0 Å². The van der Waals surface area contributed by atoms with E-state index in [2.05, 4.69) is 17.0 Å². The normalized spacial score (nSPS) is 22.6. The molecule has 0 radical (unpaired) electrons. The number of piperazine rings is 1. The summed E-state index contributed by atoms with van der Waals surface area (Å²) in [5.74, 6) is 0.295. The Balaban J connectivity index is 1.43. The van der Waals surface area contributed by atoms with Crippen LogP contribution in [0.3, 0.4) is 0 Å². The molecule has 3 rings (SSSR count). The van der Waals surface area contributed by atoms with Crippen molar-refractivity contribution in [3.05, 3.63) is 18.0 Å². The molecule has 0 spiro atoms. The molecule has 2 aliphatic heterocycles. The van der Waals surface area contributed by atoms with E-state index in [0.29, 0.717) is 31.4 Å². The summed E-state index contributed by atoms with van der Waals surface area (Å²) in [6.07, 6.45) is 5.20. The highest BCUT2D eigenvalue weighted by Crippen LogP contribution is 2.17. The highest BCUT2D eigenvalue weighted by molar-refractivity contribution is 5.79. The molecule has 7 nitrogen and oxygen atoms in total. The molecule has 1 atom stereocenters. The third kappa shape index (κ3) is 4.14. The number of hydrogen-bond acceptors (Lipinski definition) is 5. The van der Waals surface area contributed by atoms with Gasteiger partial charge in [-0.3, -0.25) is 14.5 Å². The maximum atomic E-state index is 12.5. The number of piperidine rings is 1. The first-order valence-corrected chi connectivity index (χ1v) is 8.82. The number of rotatable bonds is 4. The molecule has 2 saturated heterocycles. The van der Waals surface area contributed by atoms with E-state index in [-0.39, 0.29) is 18.2 Å². The molecule has 2 fully saturated rings. The molecular weight excluding hydrogens is 308 g/mol. The predicted octanol–water partition coefficient (Wildman–Crippen LogP) is 0.762. The number of amides is 2. The third-order valence-electron chi connectivity index (χ3n) is 5.03. The van der Waals surface area contributed by atoms with Crippen molar-refractivity contribution in [1.29, 1.82) is 0 Å². The molecule has 1 unspecified atom stereocenters. The quantitative estimate of drug-likeness (QED) is 0.813. The van der Waals surface area contributed by atoms with Crippen LogP contribution in [0.25, 0.3) is 0 Å². The van der Waals surface area contributed by atoms with E-state index in [1.165, 1.54) is 12.7 Å². The Hall–Kier alpha value is -1.89. The van der Waals surface area contributed by atoms with Crippen LogP contribution >= 0.6 is 0 Å². The minimum atomic E-state index is 0.0690. The molecule has 0 saturated carbocycles. The minimum absolute atomic E-state index is 0.0690. The molecule has 0 aliphatic carbocycles. The molecule has 24 heavy (non-hydrogen) atoms. The average Bonchev–Trinajstić information content (AvgIpc) is 3.08. The van der Waals surface area contributed by atoms with Crippen LogP contribution in [0.5, 0.6) is 0 Å². The van der Waals surface area contributed by atoms with Crippen molar-refractivity contribution in [3.63, 3.8) is 0 Å². The van der Waals surface area contributed by atoms with Crippen LogP contribution in [-0.4, -0.2) is 77.0 Å². The maximum Gasteiger partial charge on any atom is 0.236 e. The second-order valence-electron chi connectivity index (χ2n) is 6.76. The van der Waals surface area contributed by atoms with Gasteiger partial charge < -0.3 is 14.3 Å². The van der Waals surface area contributed by atoms with Gasteiger partial charge in [-0.25, -0.2) is 0 Å². The fraction of sp³-hybridized carbons (Fsp3) is 0.706. The summed E-state index contributed by atoms with van der Waals surface area (Å²) < 4.78 is 4.76. The van der Waals surface area contributed by atoms with Crippen molar-refractivity contribution < 1.29 is 14.1 Å². The molecule has 0 bridgehead atoms. The van der Waals surface area contributed by atoms with E-state index in [0.717, 1.165) is 32.5 Å². The van der Waals surface area contributed by atoms with E-state index in [4.69, 9.17) is 4.52 Å². The largest absolute Gasteiger partial charge is 0.364 e. The van der Waals surface area contributed by atoms with Gasteiger partial charge in [-0.05, 0) is 26.2 Å². The Morgan fingerprint density at radius 1 is 1.17 bits per heavy atom. The van der Waals surface area contributed by atoms with Gasteiger partial charge in [-0.2, -0.15) is 0 Å². The predicted molar refractivity (Wildman–Crippen MR) is 88.3 cm³/mol. The molecule has 1 aromatic rings. The van der Waals surface area contributed by atoms with Crippen LogP contribution in [0.4, 0.5) is 0 Å². The Bertz CT molecular complexity index is 552. The molecule has 3 heterocycles. The summed E-state index contributed by atoms with van der Waals surface area (Å²) in [5, 5.41) is 3.78. The van der Waals surface area contributed by atoms with E-state index < -0.39 is 0 Å². The van der Waals surface area contributed by atoms with Crippen molar-refractivity contribution in [2.75, 3.05) is 39.3 Å². The maximum absolute atomic E-state index is 12.5. The van der Waals surface area contributed by atoms with Gasteiger partial charge in [0.25, 0.3) is 0 Å². The summed E-state index contributed by atoms with van der Waals surface area (Å²) in [5.41, 5.74) is 0.664. The van der Waals surface area contributed by atoms with Gasteiger partial charge in [0.15, 0.2) is 0 Å². The lowest BCUT2D eigenvalue weighted by Gasteiger charge is -2.38. The lowest BCUT2D eigenvalue weighted by atomic mass is 10.0. The molecule has 0 aromatic carbocycles. The number of carbonyl (C=O) groups is 2. The number of likely N-dealkylation sites (tertiary alicyclic amines) is 1. The molecular formula is C17H26N4O3. The summed E-state index contributed by atoms with van der Waals surface area (Å²) in [4.78, 5) is 30.7. The topological polar surface area (TPSA) is 69.9 Å². The first-order chi connectivity index (χ1) is 11.6. The molecule has 1 aromatic heterocycles. The zero-order valence-electron chi connectivity index (χ0n) is 14.3. The Morgan fingerprint density at radius 3 is 2.62 bits per heavy atom. The first kappa shape index (κ1) is 17.0. The summed E-state index contributed by atoms with van der Waals surface area (Å²) in [7, 11) is 0. The highest BCUT2D eigenvalue weighted by Gasteiger charge is 2.27. The molecule has 0 N–H and O–H groups in total. The highest BCUT2D eigenvalue weighted by atomic mass is 16.5. The van der Waals surface area contributed by atoms with Crippen LogP contribution in [0, 0.1) is 0 Å². The zero-order chi connectivity index (χ0) is 16.9. The Kier molecular flexibility index (Phi) is 5.50. The van der Waals surface area contributed by atoms with Crippen LogP contribution < -0.4 is 0 Å². The van der Waals surface area contributed by atoms with E-state index in [1.54, 1.807) is 6.07 Å². The van der Waals surface area contributed by atoms with E-state index in [1.807, 2.05) is 9.80 Å².